The van der Waals surface area contributed by atoms with E-state index >= 15 is 0 Å². The van der Waals surface area contributed by atoms with E-state index in [-0.39, 0.29) is 29.3 Å². The molecule has 0 radical (unpaired) electrons. The molecule has 0 saturated carbocycles. The van der Waals surface area contributed by atoms with E-state index in [0.717, 1.165) is 37.0 Å². The molecule has 0 bridgehead atoms. The van der Waals surface area contributed by atoms with Crippen LogP contribution in [0.5, 0.6) is 0 Å². The summed E-state index contributed by atoms with van der Waals surface area (Å²) in [5, 5.41) is 20.1. The van der Waals surface area contributed by atoms with Crippen molar-refractivity contribution in [2.24, 2.45) is 11.8 Å². The minimum atomic E-state index is -1.09. The van der Waals surface area contributed by atoms with Crippen molar-refractivity contribution in [3.8, 4) is 0 Å². The minimum Gasteiger partial charge on any atom is -0.491 e. The van der Waals surface area contributed by atoms with Crippen molar-refractivity contribution in [1.29, 1.82) is 0 Å². The highest BCUT2D eigenvalue weighted by molar-refractivity contribution is 6.00. The van der Waals surface area contributed by atoms with Crippen molar-refractivity contribution < 1.29 is 24.5 Å². The Kier molecular flexibility index (Phi) is 5.59. The molecule has 2 N–H and O–H groups in total. The fraction of sp³-hybridized carbons (Fsp3) is 0.773. The number of aliphatic hydroxyl groups is 2. The first-order chi connectivity index (χ1) is 12.6. The summed E-state index contributed by atoms with van der Waals surface area (Å²) in [4.78, 5) is 12.7. The van der Waals surface area contributed by atoms with Crippen molar-refractivity contribution in [3.63, 3.8) is 0 Å². The lowest BCUT2D eigenvalue weighted by Gasteiger charge is -2.43. The number of carbonyl (C=O) groups is 1. The van der Waals surface area contributed by atoms with E-state index in [0.29, 0.717) is 12.8 Å². The van der Waals surface area contributed by atoms with Gasteiger partial charge in [0.15, 0.2) is 5.78 Å². The third kappa shape index (κ3) is 3.87. The highest BCUT2D eigenvalue weighted by Crippen LogP contribution is 2.51. The average molecular weight is 379 g/mol. The number of allylic oxidation sites excluding steroid dienone is 1. The number of fused-ring (bicyclic) bond motifs is 1. The molecule has 0 aromatic heterocycles. The highest BCUT2D eigenvalue weighted by Gasteiger charge is 2.50. The average Bonchev–Trinajstić information content (AvgIpc) is 2.93. The minimum absolute atomic E-state index is 0.0807. The quantitative estimate of drug-likeness (QED) is 0.694. The van der Waals surface area contributed by atoms with Gasteiger partial charge in [-0.15, -0.1) is 0 Å². The number of hydrogen-bond acceptors (Lipinski definition) is 5. The fourth-order valence-corrected chi connectivity index (χ4v) is 4.79. The van der Waals surface area contributed by atoms with Gasteiger partial charge in [0, 0.05) is 31.4 Å². The third-order valence-corrected chi connectivity index (χ3v) is 6.75. The molecule has 3 aliphatic rings. The molecule has 152 valence electrons. The summed E-state index contributed by atoms with van der Waals surface area (Å²) >= 11 is 0. The maximum atomic E-state index is 12.7. The Hall–Kier alpha value is -1.17. The molecule has 5 heteroatoms. The summed E-state index contributed by atoms with van der Waals surface area (Å²) in [6.45, 7) is 7.59. The second-order valence-electron chi connectivity index (χ2n) is 9.26. The van der Waals surface area contributed by atoms with Crippen LogP contribution in [0.4, 0.5) is 0 Å². The third-order valence-electron chi connectivity index (χ3n) is 6.75. The number of ether oxygens (including phenoxy) is 2. The number of ketones is 1. The summed E-state index contributed by atoms with van der Waals surface area (Å²) in [6, 6.07) is 0. The number of rotatable bonds is 6. The van der Waals surface area contributed by atoms with E-state index in [1.807, 2.05) is 0 Å². The van der Waals surface area contributed by atoms with Crippen LogP contribution < -0.4 is 0 Å². The normalized spacial score (nSPS) is 33.1. The molecule has 27 heavy (non-hydrogen) atoms. The molecule has 1 aliphatic heterocycles. The van der Waals surface area contributed by atoms with Crippen LogP contribution >= 0.6 is 0 Å². The summed E-state index contributed by atoms with van der Waals surface area (Å²) in [6.07, 6.45) is 5.55. The summed E-state index contributed by atoms with van der Waals surface area (Å²) in [7, 11) is 1.60. The van der Waals surface area contributed by atoms with E-state index in [2.05, 4.69) is 19.9 Å². The molecule has 1 heterocycles. The van der Waals surface area contributed by atoms with Crippen molar-refractivity contribution in [2.45, 2.75) is 89.6 Å². The number of carbonyl (C=O) groups excluding carboxylic acids is 1. The SMILES string of the molecule is CO[C@H]1CCC2=C(C[C@@H]3C([C@H](C)CC[C@H](O)C(C)(C)O)=CC[C@]3(C)O2)C1=O. The lowest BCUT2D eigenvalue weighted by molar-refractivity contribution is -0.129. The predicted octanol–water partition coefficient (Wildman–Crippen LogP) is 3.29. The monoisotopic (exact) mass is 378 g/mol. The summed E-state index contributed by atoms with van der Waals surface area (Å²) in [5.41, 5.74) is 0.763. The molecule has 0 amide bonds. The van der Waals surface area contributed by atoms with Crippen LogP contribution in [0.1, 0.15) is 66.2 Å². The Bertz CT molecular complexity index is 656. The molecule has 0 unspecified atom stereocenters. The van der Waals surface area contributed by atoms with Gasteiger partial charge in [-0.3, -0.25) is 4.79 Å². The molecule has 5 atom stereocenters. The Balaban J connectivity index is 1.72. The molecule has 5 nitrogen and oxygen atoms in total. The first kappa shape index (κ1) is 20.6. The fourth-order valence-electron chi connectivity index (χ4n) is 4.79. The molecule has 0 aromatic carbocycles. The molecule has 0 saturated heterocycles. The van der Waals surface area contributed by atoms with Gasteiger partial charge >= 0.3 is 0 Å². The lowest BCUT2D eigenvalue weighted by atomic mass is 9.73. The van der Waals surface area contributed by atoms with Crippen LogP contribution in [0.3, 0.4) is 0 Å². The zero-order valence-electron chi connectivity index (χ0n) is 17.2. The highest BCUT2D eigenvalue weighted by atomic mass is 16.5. The number of methoxy groups -OCH3 is 1. The number of hydrogen-bond donors (Lipinski definition) is 2. The molecule has 0 aromatic rings. The van der Waals surface area contributed by atoms with Gasteiger partial charge in [-0.2, -0.15) is 0 Å². The van der Waals surface area contributed by atoms with Crippen molar-refractivity contribution in [3.05, 3.63) is 23.0 Å². The predicted molar refractivity (Wildman–Crippen MR) is 103 cm³/mol. The number of Topliss-reactive ketones (excluding diaryl/α,β-unsaturated/α-hetero) is 1. The zero-order chi connectivity index (χ0) is 20.0. The van der Waals surface area contributed by atoms with Gasteiger partial charge in [-0.05, 0) is 52.4 Å². The maximum Gasteiger partial charge on any atom is 0.190 e. The van der Waals surface area contributed by atoms with Gasteiger partial charge in [0.05, 0.1) is 11.7 Å². The maximum absolute atomic E-state index is 12.7. The van der Waals surface area contributed by atoms with Crippen molar-refractivity contribution in [1.82, 2.24) is 0 Å². The van der Waals surface area contributed by atoms with Gasteiger partial charge in [0.2, 0.25) is 0 Å². The molecular formula is C22H34O5. The van der Waals surface area contributed by atoms with Crippen LogP contribution in [0.15, 0.2) is 23.0 Å². The Morgan fingerprint density at radius 2 is 2.11 bits per heavy atom. The molecular weight excluding hydrogens is 344 g/mol. The van der Waals surface area contributed by atoms with Gasteiger partial charge < -0.3 is 19.7 Å². The standard InChI is InChI=1S/C22H34O5/c1-13(6-9-19(23)21(2,3)25)14-10-11-22(4)16(14)12-15-17(27-22)7-8-18(26-5)20(15)24/h10,13,16,18-19,23,25H,6-9,11-12H2,1-5H3/t13-,16-,18+,19+,22+/m1/s1. The first-order valence-electron chi connectivity index (χ1n) is 10.1. The van der Waals surface area contributed by atoms with Gasteiger partial charge in [0.1, 0.15) is 17.5 Å². The van der Waals surface area contributed by atoms with E-state index in [4.69, 9.17) is 9.47 Å². The second-order valence-corrected chi connectivity index (χ2v) is 9.26. The van der Waals surface area contributed by atoms with E-state index in [1.54, 1.807) is 21.0 Å². The zero-order valence-corrected chi connectivity index (χ0v) is 17.2. The molecule has 2 aliphatic carbocycles. The molecule has 0 spiro atoms. The van der Waals surface area contributed by atoms with Crippen LogP contribution in [0.25, 0.3) is 0 Å². The van der Waals surface area contributed by atoms with E-state index in [1.165, 1.54) is 5.57 Å². The van der Waals surface area contributed by atoms with Crippen LogP contribution in [0, 0.1) is 11.8 Å². The Morgan fingerprint density at radius 3 is 2.74 bits per heavy atom. The molecule has 3 rings (SSSR count). The smallest absolute Gasteiger partial charge is 0.190 e. The van der Waals surface area contributed by atoms with Crippen LogP contribution in [-0.4, -0.2) is 46.5 Å². The Labute approximate surface area is 162 Å². The second kappa shape index (κ2) is 7.34. The first-order valence-corrected chi connectivity index (χ1v) is 10.1. The van der Waals surface area contributed by atoms with Gasteiger partial charge in [-0.1, -0.05) is 18.6 Å². The topological polar surface area (TPSA) is 76.0 Å². The van der Waals surface area contributed by atoms with Gasteiger partial charge in [0.25, 0.3) is 0 Å². The van der Waals surface area contributed by atoms with Crippen molar-refractivity contribution >= 4 is 5.78 Å². The summed E-state index contributed by atoms with van der Waals surface area (Å²) in [5.74, 6) is 1.41. The van der Waals surface area contributed by atoms with Gasteiger partial charge in [-0.25, -0.2) is 0 Å². The Morgan fingerprint density at radius 1 is 1.41 bits per heavy atom. The van der Waals surface area contributed by atoms with E-state index < -0.39 is 11.7 Å². The largest absolute Gasteiger partial charge is 0.491 e. The molecule has 0 fully saturated rings. The van der Waals surface area contributed by atoms with E-state index in [9.17, 15) is 15.0 Å². The van der Waals surface area contributed by atoms with Crippen molar-refractivity contribution in [2.75, 3.05) is 7.11 Å². The lowest BCUT2D eigenvalue weighted by Crippen LogP contribution is -2.43. The summed E-state index contributed by atoms with van der Waals surface area (Å²) < 4.78 is 11.7. The number of aliphatic hydroxyl groups excluding tert-OH is 1. The van der Waals surface area contributed by atoms with Crippen LogP contribution in [-0.2, 0) is 14.3 Å². The van der Waals surface area contributed by atoms with Crippen LogP contribution in [0.2, 0.25) is 0 Å².